The van der Waals surface area contributed by atoms with Crippen LogP contribution in [0.3, 0.4) is 0 Å². The summed E-state index contributed by atoms with van der Waals surface area (Å²) in [5.74, 6) is 1.26. The molecule has 19 heavy (non-hydrogen) atoms. The van der Waals surface area contributed by atoms with E-state index in [1.807, 2.05) is 19.1 Å². The summed E-state index contributed by atoms with van der Waals surface area (Å²) < 4.78 is 5.41. The Morgan fingerprint density at radius 2 is 2.32 bits per heavy atom. The van der Waals surface area contributed by atoms with Gasteiger partial charge in [0.15, 0.2) is 0 Å². The van der Waals surface area contributed by atoms with Crippen molar-refractivity contribution in [2.24, 2.45) is 0 Å². The number of rotatable bonds is 5. The highest BCUT2D eigenvalue weighted by molar-refractivity contribution is 5.78. The first-order valence-electron chi connectivity index (χ1n) is 6.22. The average Bonchev–Trinajstić information content (AvgIpc) is 2.84. The van der Waals surface area contributed by atoms with Crippen LogP contribution in [-0.2, 0) is 24.2 Å². The third-order valence-electron chi connectivity index (χ3n) is 2.70. The summed E-state index contributed by atoms with van der Waals surface area (Å²) in [5.41, 5.74) is 7.21. The Morgan fingerprint density at radius 1 is 1.47 bits per heavy atom. The van der Waals surface area contributed by atoms with Gasteiger partial charge in [-0.1, -0.05) is 19.1 Å². The van der Waals surface area contributed by atoms with Gasteiger partial charge < -0.3 is 15.5 Å². The van der Waals surface area contributed by atoms with Crippen LogP contribution in [0.15, 0.2) is 34.9 Å². The van der Waals surface area contributed by atoms with E-state index in [2.05, 4.69) is 10.3 Å². The molecule has 2 aromatic rings. The Kier molecular flexibility index (Phi) is 4.18. The molecule has 0 unspecified atom stereocenters. The molecule has 0 radical (unpaired) electrons. The summed E-state index contributed by atoms with van der Waals surface area (Å²) >= 11 is 0. The molecule has 0 aliphatic carbocycles. The molecule has 0 fully saturated rings. The molecule has 0 saturated carbocycles. The molecule has 0 aliphatic heterocycles. The highest BCUT2D eigenvalue weighted by Crippen LogP contribution is 2.07. The number of aromatic nitrogens is 1. The topological polar surface area (TPSA) is 81.2 Å². The number of nitrogens with one attached hydrogen (secondary N) is 1. The van der Waals surface area contributed by atoms with Crippen molar-refractivity contribution in [2.75, 3.05) is 5.73 Å². The second kappa shape index (κ2) is 6.04. The molecular formula is C14H17N3O2. The number of aryl methyl sites for hydroxylation is 1. The minimum Gasteiger partial charge on any atom is -0.444 e. The molecule has 1 aromatic heterocycles. The molecule has 0 saturated heterocycles. The van der Waals surface area contributed by atoms with E-state index in [4.69, 9.17) is 10.2 Å². The van der Waals surface area contributed by atoms with E-state index >= 15 is 0 Å². The minimum atomic E-state index is -0.0816. The molecule has 0 spiro atoms. The zero-order chi connectivity index (χ0) is 13.7. The van der Waals surface area contributed by atoms with Gasteiger partial charge in [0, 0.05) is 12.1 Å². The van der Waals surface area contributed by atoms with Crippen molar-refractivity contribution in [3.63, 3.8) is 0 Å². The number of amides is 1. The third-order valence-corrected chi connectivity index (χ3v) is 2.70. The highest BCUT2D eigenvalue weighted by Gasteiger charge is 2.06. The lowest BCUT2D eigenvalue weighted by Gasteiger charge is -2.03. The number of nitrogens with zero attached hydrogens (tertiary/aromatic N) is 1. The summed E-state index contributed by atoms with van der Waals surface area (Å²) in [6, 6.07) is 7.29. The van der Waals surface area contributed by atoms with Crippen LogP contribution in [-0.4, -0.2) is 10.9 Å². The summed E-state index contributed by atoms with van der Waals surface area (Å²) in [7, 11) is 0. The molecule has 100 valence electrons. The van der Waals surface area contributed by atoms with E-state index in [1.54, 1.807) is 18.3 Å². The predicted octanol–water partition coefficient (Wildman–Crippen LogP) is 1.68. The number of carbonyl (C=O) groups excluding carboxylic acids is 1. The molecule has 0 aliphatic rings. The van der Waals surface area contributed by atoms with E-state index in [1.165, 1.54) is 0 Å². The van der Waals surface area contributed by atoms with Gasteiger partial charge in [-0.3, -0.25) is 4.79 Å². The molecule has 0 bridgehead atoms. The predicted molar refractivity (Wildman–Crippen MR) is 72.3 cm³/mol. The second-order valence-corrected chi connectivity index (χ2v) is 4.27. The Labute approximate surface area is 111 Å². The summed E-state index contributed by atoms with van der Waals surface area (Å²) in [4.78, 5) is 15.8. The number of nitrogen functional groups attached to an aromatic ring is 1. The molecule has 0 atom stereocenters. The summed E-state index contributed by atoms with van der Waals surface area (Å²) in [6.07, 6.45) is 2.77. The second-order valence-electron chi connectivity index (χ2n) is 4.27. The Balaban J connectivity index is 1.84. The number of anilines is 1. The van der Waals surface area contributed by atoms with Crippen LogP contribution in [0.5, 0.6) is 0 Å². The summed E-state index contributed by atoms with van der Waals surface area (Å²) in [5, 5.41) is 2.77. The van der Waals surface area contributed by atoms with Crippen LogP contribution in [0.4, 0.5) is 5.69 Å². The quantitative estimate of drug-likeness (QED) is 0.800. The average molecular weight is 259 g/mol. The van der Waals surface area contributed by atoms with Gasteiger partial charge in [0.2, 0.25) is 11.8 Å². The van der Waals surface area contributed by atoms with Crippen LogP contribution in [0.1, 0.15) is 24.1 Å². The van der Waals surface area contributed by atoms with Crippen LogP contribution in [0.2, 0.25) is 0 Å². The Morgan fingerprint density at radius 3 is 3.00 bits per heavy atom. The van der Waals surface area contributed by atoms with E-state index in [9.17, 15) is 4.79 Å². The fraction of sp³-hybridized carbons (Fsp3) is 0.286. The normalized spacial score (nSPS) is 10.4. The van der Waals surface area contributed by atoms with E-state index in [0.29, 0.717) is 24.5 Å². The SMILES string of the molecule is CCc1cnc(CNC(=O)Cc2cccc(N)c2)o1. The number of hydrogen-bond acceptors (Lipinski definition) is 4. The van der Waals surface area contributed by atoms with Crippen LogP contribution >= 0.6 is 0 Å². The Bertz CT molecular complexity index is 563. The van der Waals surface area contributed by atoms with Gasteiger partial charge in [0.1, 0.15) is 5.76 Å². The van der Waals surface area contributed by atoms with Crippen molar-refractivity contribution in [2.45, 2.75) is 26.3 Å². The van der Waals surface area contributed by atoms with Crippen molar-refractivity contribution in [1.29, 1.82) is 0 Å². The molecule has 3 N–H and O–H groups in total. The van der Waals surface area contributed by atoms with Crippen molar-refractivity contribution < 1.29 is 9.21 Å². The van der Waals surface area contributed by atoms with Crippen molar-refractivity contribution in [3.8, 4) is 0 Å². The van der Waals surface area contributed by atoms with Gasteiger partial charge in [-0.15, -0.1) is 0 Å². The molecule has 1 amide bonds. The zero-order valence-electron chi connectivity index (χ0n) is 10.8. The standard InChI is InChI=1S/C14H17N3O2/c1-2-12-8-17-14(19-12)9-16-13(18)7-10-4-3-5-11(15)6-10/h3-6,8H,2,7,9,15H2,1H3,(H,16,18). The molecule has 2 rings (SSSR count). The summed E-state index contributed by atoms with van der Waals surface area (Å²) in [6.45, 7) is 2.30. The number of benzene rings is 1. The van der Waals surface area contributed by atoms with Crippen molar-refractivity contribution >= 4 is 11.6 Å². The smallest absolute Gasteiger partial charge is 0.224 e. The highest BCUT2D eigenvalue weighted by atomic mass is 16.4. The zero-order valence-corrected chi connectivity index (χ0v) is 10.8. The number of carbonyl (C=O) groups is 1. The number of oxazole rings is 1. The van der Waals surface area contributed by atoms with Crippen molar-refractivity contribution in [3.05, 3.63) is 47.7 Å². The maximum atomic E-state index is 11.8. The van der Waals surface area contributed by atoms with Gasteiger partial charge >= 0.3 is 0 Å². The maximum absolute atomic E-state index is 11.8. The fourth-order valence-corrected chi connectivity index (χ4v) is 1.72. The molecule has 5 nitrogen and oxygen atoms in total. The van der Waals surface area contributed by atoms with E-state index < -0.39 is 0 Å². The van der Waals surface area contributed by atoms with Crippen LogP contribution in [0, 0.1) is 0 Å². The first-order chi connectivity index (χ1) is 9.17. The van der Waals surface area contributed by atoms with Gasteiger partial charge in [-0.05, 0) is 17.7 Å². The van der Waals surface area contributed by atoms with Crippen LogP contribution < -0.4 is 11.1 Å². The van der Waals surface area contributed by atoms with Gasteiger partial charge in [0.25, 0.3) is 0 Å². The molecular weight excluding hydrogens is 242 g/mol. The van der Waals surface area contributed by atoms with Gasteiger partial charge in [-0.2, -0.15) is 0 Å². The van der Waals surface area contributed by atoms with E-state index in [0.717, 1.165) is 17.7 Å². The monoisotopic (exact) mass is 259 g/mol. The lowest BCUT2D eigenvalue weighted by molar-refractivity contribution is -0.120. The largest absolute Gasteiger partial charge is 0.444 e. The fourth-order valence-electron chi connectivity index (χ4n) is 1.72. The molecule has 1 heterocycles. The lowest BCUT2D eigenvalue weighted by Crippen LogP contribution is -2.24. The Hall–Kier alpha value is -2.30. The first kappa shape index (κ1) is 13.1. The number of nitrogens with two attached hydrogens (primary N) is 1. The lowest BCUT2D eigenvalue weighted by atomic mass is 10.1. The van der Waals surface area contributed by atoms with Gasteiger partial charge in [0.05, 0.1) is 19.2 Å². The van der Waals surface area contributed by atoms with Gasteiger partial charge in [-0.25, -0.2) is 4.98 Å². The molecule has 1 aromatic carbocycles. The van der Waals surface area contributed by atoms with E-state index in [-0.39, 0.29) is 5.91 Å². The van der Waals surface area contributed by atoms with Crippen LogP contribution in [0.25, 0.3) is 0 Å². The van der Waals surface area contributed by atoms with Crippen molar-refractivity contribution in [1.82, 2.24) is 10.3 Å². The number of hydrogen-bond donors (Lipinski definition) is 2. The maximum Gasteiger partial charge on any atom is 0.224 e. The molecule has 5 heteroatoms. The first-order valence-corrected chi connectivity index (χ1v) is 6.22. The minimum absolute atomic E-state index is 0.0816. The third kappa shape index (κ3) is 3.84.